The molecule has 0 radical (unpaired) electrons. The van der Waals surface area contributed by atoms with E-state index >= 15 is 0 Å². The summed E-state index contributed by atoms with van der Waals surface area (Å²) in [5, 5.41) is 20.1. The van der Waals surface area contributed by atoms with Crippen LogP contribution in [0.25, 0.3) is 0 Å². The van der Waals surface area contributed by atoms with Gasteiger partial charge in [0.1, 0.15) is 0 Å². The van der Waals surface area contributed by atoms with Gasteiger partial charge in [0.15, 0.2) is 4.34 Å². The summed E-state index contributed by atoms with van der Waals surface area (Å²) >= 11 is 1.99. The minimum absolute atomic E-state index is 0.202. The maximum absolute atomic E-state index is 13.0. The van der Waals surface area contributed by atoms with E-state index < -0.39 is 33.9 Å². The predicted octanol–water partition coefficient (Wildman–Crippen LogP) is 2.78. The van der Waals surface area contributed by atoms with Crippen molar-refractivity contribution >= 4 is 45.5 Å². The Kier molecular flexibility index (Phi) is 5.23. The molecule has 128 valence electrons. The number of nitrogens with zero attached hydrogens (tertiary/aromatic N) is 3. The number of nitro groups is 1. The number of carbonyl (C=O) groups is 1. The van der Waals surface area contributed by atoms with Crippen molar-refractivity contribution in [2.24, 2.45) is 0 Å². The van der Waals surface area contributed by atoms with Crippen LogP contribution in [0.3, 0.4) is 0 Å². The van der Waals surface area contributed by atoms with E-state index in [0.717, 1.165) is 35.2 Å². The van der Waals surface area contributed by atoms with Crippen molar-refractivity contribution in [3.05, 3.63) is 33.9 Å². The third-order valence-corrected chi connectivity index (χ3v) is 4.43. The highest BCUT2D eigenvalue weighted by Gasteiger charge is 2.35. The number of halogens is 3. The zero-order chi connectivity index (χ0) is 17.9. The van der Waals surface area contributed by atoms with Crippen LogP contribution in [0.15, 0.2) is 22.5 Å². The molecule has 1 aromatic heterocycles. The molecule has 0 spiro atoms. The van der Waals surface area contributed by atoms with Crippen molar-refractivity contribution in [3.63, 3.8) is 0 Å². The standard InChI is InChI=1S/C11H8F3N5O3S2/c12-11(13,14)6-3-5(19(21)22)1-2-7(6)16-8(20)4-23-10-18-17-9(15)24-10/h1-3H,4H2,(H2,15,17)(H,16,20). The predicted molar refractivity (Wildman–Crippen MR) is 81.8 cm³/mol. The minimum atomic E-state index is -4.85. The van der Waals surface area contributed by atoms with Gasteiger partial charge < -0.3 is 11.1 Å². The van der Waals surface area contributed by atoms with Crippen LogP contribution in [0.5, 0.6) is 0 Å². The van der Waals surface area contributed by atoms with Crippen molar-refractivity contribution in [1.82, 2.24) is 10.2 Å². The number of alkyl halides is 3. The zero-order valence-corrected chi connectivity index (χ0v) is 13.2. The van der Waals surface area contributed by atoms with E-state index in [0.29, 0.717) is 10.4 Å². The number of nitrogens with one attached hydrogen (secondary N) is 1. The van der Waals surface area contributed by atoms with Crippen molar-refractivity contribution in [1.29, 1.82) is 0 Å². The lowest BCUT2D eigenvalue weighted by Crippen LogP contribution is -2.18. The summed E-state index contributed by atoms with van der Waals surface area (Å²) in [6.45, 7) is 0. The third-order valence-electron chi connectivity index (χ3n) is 2.54. The summed E-state index contributed by atoms with van der Waals surface area (Å²) in [5.41, 5.74) is 2.79. The Labute approximate surface area is 140 Å². The Morgan fingerprint density at radius 2 is 2.12 bits per heavy atom. The van der Waals surface area contributed by atoms with Crippen LogP contribution >= 0.6 is 23.1 Å². The monoisotopic (exact) mass is 379 g/mol. The molecule has 0 atom stereocenters. The number of hydrogen-bond donors (Lipinski definition) is 2. The van der Waals surface area contributed by atoms with Gasteiger partial charge in [-0.3, -0.25) is 14.9 Å². The Morgan fingerprint density at radius 1 is 1.42 bits per heavy atom. The van der Waals surface area contributed by atoms with Crippen molar-refractivity contribution in [2.75, 3.05) is 16.8 Å². The van der Waals surface area contributed by atoms with E-state index in [1.54, 1.807) is 0 Å². The maximum atomic E-state index is 13.0. The molecular formula is C11H8F3N5O3S2. The van der Waals surface area contributed by atoms with E-state index in [-0.39, 0.29) is 10.9 Å². The molecule has 1 amide bonds. The number of nitrogens with two attached hydrogens (primary N) is 1. The molecule has 0 aliphatic heterocycles. The number of nitro benzene ring substituents is 1. The molecule has 2 rings (SSSR count). The number of thioether (sulfide) groups is 1. The minimum Gasteiger partial charge on any atom is -0.374 e. The van der Waals surface area contributed by atoms with Gasteiger partial charge in [-0.2, -0.15) is 13.2 Å². The lowest BCUT2D eigenvalue weighted by molar-refractivity contribution is -0.385. The second-order valence-corrected chi connectivity index (χ2v) is 6.46. The van der Waals surface area contributed by atoms with Crippen molar-refractivity contribution in [2.45, 2.75) is 10.5 Å². The highest BCUT2D eigenvalue weighted by Crippen LogP contribution is 2.37. The number of anilines is 2. The van der Waals surface area contributed by atoms with Crippen molar-refractivity contribution < 1.29 is 22.9 Å². The smallest absolute Gasteiger partial charge is 0.374 e. The highest BCUT2D eigenvalue weighted by atomic mass is 32.2. The molecule has 1 aromatic carbocycles. The molecule has 1 heterocycles. The highest BCUT2D eigenvalue weighted by molar-refractivity contribution is 8.01. The van der Waals surface area contributed by atoms with E-state index in [1.807, 2.05) is 0 Å². The number of carbonyl (C=O) groups excluding carboxylic acids is 1. The Bertz CT molecular complexity index is 781. The molecule has 13 heteroatoms. The molecule has 24 heavy (non-hydrogen) atoms. The average Bonchev–Trinajstić information content (AvgIpc) is 2.90. The first-order valence-corrected chi connectivity index (χ1v) is 7.84. The molecule has 0 bridgehead atoms. The van der Waals surface area contributed by atoms with Crippen LogP contribution in [0.2, 0.25) is 0 Å². The van der Waals surface area contributed by atoms with Gasteiger partial charge in [0.2, 0.25) is 11.0 Å². The topological polar surface area (TPSA) is 124 Å². The van der Waals surface area contributed by atoms with Gasteiger partial charge in [-0.15, -0.1) is 10.2 Å². The molecule has 3 N–H and O–H groups in total. The van der Waals surface area contributed by atoms with E-state index in [2.05, 4.69) is 15.5 Å². The lowest BCUT2D eigenvalue weighted by Gasteiger charge is -2.13. The Morgan fingerprint density at radius 3 is 2.67 bits per heavy atom. The average molecular weight is 379 g/mol. The molecule has 0 saturated carbocycles. The Hall–Kier alpha value is -2.41. The van der Waals surface area contributed by atoms with Crippen LogP contribution in [0.1, 0.15) is 5.56 Å². The first-order valence-electron chi connectivity index (χ1n) is 6.04. The fourth-order valence-electron chi connectivity index (χ4n) is 1.58. The number of hydrogen-bond acceptors (Lipinski definition) is 8. The number of nitrogen functional groups attached to an aromatic ring is 1. The normalized spacial score (nSPS) is 11.3. The number of amides is 1. The van der Waals surface area contributed by atoms with Crippen LogP contribution in [0, 0.1) is 10.1 Å². The van der Waals surface area contributed by atoms with Gasteiger partial charge in [-0.25, -0.2) is 0 Å². The largest absolute Gasteiger partial charge is 0.418 e. The maximum Gasteiger partial charge on any atom is 0.418 e. The van der Waals surface area contributed by atoms with Gasteiger partial charge >= 0.3 is 6.18 Å². The molecular weight excluding hydrogens is 371 g/mol. The summed E-state index contributed by atoms with van der Waals surface area (Å²) < 4.78 is 39.3. The number of rotatable bonds is 5. The van der Waals surface area contributed by atoms with Crippen molar-refractivity contribution in [3.8, 4) is 0 Å². The van der Waals surface area contributed by atoms with Gasteiger partial charge in [-0.05, 0) is 6.07 Å². The fourth-order valence-corrected chi connectivity index (χ4v) is 3.02. The molecule has 0 fully saturated rings. The molecule has 0 unspecified atom stereocenters. The van der Waals surface area contributed by atoms with Crippen LogP contribution in [0.4, 0.5) is 29.7 Å². The summed E-state index contributed by atoms with van der Waals surface area (Å²) in [7, 11) is 0. The molecule has 2 aromatic rings. The third kappa shape index (κ3) is 4.55. The van der Waals surface area contributed by atoms with Crippen LogP contribution < -0.4 is 11.1 Å². The molecule has 0 aliphatic carbocycles. The number of benzene rings is 1. The second-order valence-electron chi connectivity index (χ2n) is 4.23. The van der Waals surface area contributed by atoms with Crippen LogP contribution in [-0.4, -0.2) is 26.8 Å². The quantitative estimate of drug-likeness (QED) is 0.465. The fraction of sp³-hybridized carbons (Fsp3) is 0.182. The van der Waals surface area contributed by atoms with E-state index in [1.165, 1.54) is 0 Å². The van der Waals surface area contributed by atoms with E-state index in [4.69, 9.17) is 5.73 Å². The first kappa shape index (κ1) is 17.9. The van der Waals surface area contributed by atoms with Crippen LogP contribution in [-0.2, 0) is 11.0 Å². The molecule has 0 aliphatic rings. The molecule has 8 nitrogen and oxygen atoms in total. The summed E-state index contributed by atoms with van der Waals surface area (Å²) in [4.78, 5) is 21.4. The summed E-state index contributed by atoms with van der Waals surface area (Å²) in [6, 6.07) is 2.09. The zero-order valence-electron chi connectivity index (χ0n) is 11.5. The summed E-state index contributed by atoms with van der Waals surface area (Å²) in [5.74, 6) is -0.948. The second kappa shape index (κ2) is 7.00. The Balaban J connectivity index is 2.13. The van der Waals surface area contributed by atoms with E-state index in [9.17, 15) is 28.1 Å². The first-order chi connectivity index (χ1) is 11.2. The van der Waals surface area contributed by atoms with Gasteiger partial charge in [0, 0.05) is 12.1 Å². The van der Waals surface area contributed by atoms with Gasteiger partial charge in [0.05, 0.1) is 21.9 Å². The summed E-state index contributed by atoms with van der Waals surface area (Å²) in [6.07, 6.45) is -4.85. The van der Waals surface area contributed by atoms with Gasteiger partial charge in [-0.1, -0.05) is 23.1 Å². The molecule has 0 saturated heterocycles. The lowest BCUT2D eigenvalue weighted by atomic mass is 10.1. The number of aromatic nitrogens is 2. The SMILES string of the molecule is Nc1nnc(SCC(=O)Nc2ccc([N+](=O)[O-])cc2C(F)(F)F)s1. The van der Waals surface area contributed by atoms with Gasteiger partial charge in [0.25, 0.3) is 5.69 Å². The number of non-ortho nitro benzene ring substituents is 1.